The van der Waals surface area contributed by atoms with E-state index in [1.165, 1.54) is 18.4 Å². The summed E-state index contributed by atoms with van der Waals surface area (Å²) >= 11 is 0. The molecule has 1 aliphatic rings. The van der Waals surface area contributed by atoms with Gasteiger partial charge in [-0.25, -0.2) is 0 Å². The van der Waals surface area contributed by atoms with E-state index in [2.05, 4.69) is 33.5 Å². The molecule has 1 aliphatic heterocycles. The second-order valence-electron chi connectivity index (χ2n) is 4.38. The number of rotatable bonds is 2. The smallest absolute Gasteiger partial charge is 0.0889 e. The first-order chi connectivity index (χ1) is 7.92. The van der Waals surface area contributed by atoms with Gasteiger partial charge >= 0.3 is 0 Å². The highest BCUT2D eigenvalue weighted by Crippen LogP contribution is 2.15. The van der Waals surface area contributed by atoms with E-state index in [9.17, 15) is 0 Å². The van der Waals surface area contributed by atoms with Crippen LogP contribution in [0, 0.1) is 0 Å². The standard InChI is InChI=1S/C13H15N3/c1-2-11(14-5-1)8-10-3-4-12-13(9-10)16-7-6-15-12/h3-4,6-7,9,11,14H,1-2,5,8H2. The average Bonchev–Trinajstić information content (AvgIpc) is 2.82. The molecule has 3 rings (SSSR count). The lowest BCUT2D eigenvalue weighted by atomic mass is 10.0. The van der Waals surface area contributed by atoms with Gasteiger partial charge in [0.15, 0.2) is 0 Å². The van der Waals surface area contributed by atoms with Crippen molar-refractivity contribution in [1.29, 1.82) is 0 Å². The molecule has 1 N–H and O–H groups in total. The van der Waals surface area contributed by atoms with Crippen molar-refractivity contribution in [3.05, 3.63) is 36.2 Å². The summed E-state index contributed by atoms with van der Waals surface area (Å²) in [7, 11) is 0. The van der Waals surface area contributed by atoms with Crippen LogP contribution in [0.25, 0.3) is 11.0 Å². The Morgan fingerprint density at radius 2 is 2.06 bits per heavy atom. The third-order valence-electron chi connectivity index (χ3n) is 3.18. The van der Waals surface area contributed by atoms with Crippen LogP contribution in [0.2, 0.25) is 0 Å². The van der Waals surface area contributed by atoms with Gasteiger partial charge in [0.2, 0.25) is 0 Å². The second-order valence-corrected chi connectivity index (χ2v) is 4.38. The van der Waals surface area contributed by atoms with E-state index in [1.54, 1.807) is 12.4 Å². The molecule has 0 spiro atoms. The first kappa shape index (κ1) is 9.73. The van der Waals surface area contributed by atoms with Crippen LogP contribution < -0.4 is 5.32 Å². The van der Waals surface area contributed by atoms with E-state index in [1.807, 2.05) is 0 Å². The number of fused-ring (bicyclic) bond motifs is 1. The van der Waals surface area contributed by atoms with Crippen LogP contribution in [0.3, 0.4) is 0 Å². The summed E-state index contributed by atoms with van der Waals surface area (Å²) in [5.74, 6) is 0. The lowest BCUT2D eigenvalue weighted by Gasteiger charge is -2.10. The molecule has 0 bridgehead atoms. The zero-order chi connectivity index (χ0) is 10.8. The Morgan fingerprint density at radius 3 is 2.88 bits per heavy atom. The SMILES string of the molecule is c1cnc2cc(CC3CCCN3)ccc2n1. The van der Waals surface area contributed by atoms with Gasteiger partial charge < -0.3 is 5.32 Å². The number of hydrogen-bond acceptors (Lipinski definition) is 3. The largest absolute Gasteiger partial charge is 0.314 e. The number of nitrogens with one attached hydrogen (secondary N) is 1. The molecular formula is C13H15N3. The van der Waals surface area contributed by atoms with Crippen molar-refractivity contribution in [3.8, 4) is 0 Å². The van der Waals surface area contributed by atoms with E-state index >= 15 is 0 Å². The van der Waals surface area contributed by atoms with Gasteiger partial charge in [-0.05, 0) is 43.5 Å². The summed E-state index contributed by atoms with van der Waals surface area (Å²) in [6.45, 7) is 1.16. The molecule has 0 saturated carbocycles. The zero-order valence-electron chi connectivity index (χ0n) is 9.19. The van der Waals surface area contributed by atoms with Gasteiger partial charge in [-0.1, -0.05) is 6.07 Å². The van der Waals surface area contributed by atoms with Crippen molar-refractivity contribution >= 4 is 11.0 Å². The quantitative estimate of drug-likeness (QED) is 0.828. The Balaban J connectivity index is 1.86. The maximum Gasteiger partial charge on any atom is 0.0889 e. The van der Waals surface area contributed by atoms with Gasteiger partial charge in [0.05, 0.1) is 11.0 Å². The zero-order valence-corrected chi connectivity index (χ0v) is 9.19. The minimum atomic E-state index is 0.647. The normalized spacial score (nSPS) is 20.4. The molecule has 0 amide bonds. The summed E-state index contributed by atoms with van der Waals surface area (Å²) in [5.41, 5.74) is 3.33. The van der Waals surface area contributed by atoms with Crippen molar-refractivity contribution in [2.45, 2.75) is 25.3 Å². The predicted molar refractivity (Wildman–Crippen MR) is 64.3 cm³/mol. The molecule has 1 atom stereocenters. The molecule has 0 aliphatic carbocycles. The van der Waals surface area contributed by atoms with E-state index < -0.39 is 0 Å². The molecule has 16 heavy (non-hydrogen) atoms. The lowest BCUT2D eigenvalue weighted by Crippen LogP contribution is -2.23. The fourth-order valence-corrected chi connectivity index (χ4v) is 2.35. The molecule has 2 heterocycles. The van der Waals surface area contributed by atoms with Crippen LogP contribution in [0.4, 0.5) is 0 Å². The predicted octanol–water partition coefficient (Wildman–Crippen LogP) is 1.92. The first-order valence-corrected chi connectivity index (χ1v) is 5.85. The third-order valence-corrected chi connectivity index (χ3v) is 3.18. The monoisotopic (exact) mass is 213 g/mol. The molecule has 82 valence electrons. The Hall–Kier alpha value is -1.48. The Kier molecular flexibility index (Phi) is 2.54. The first-order valence-electron chi connectivity index (χ1n) is 5.85. The van der Waals surface area contributed by atoms with Gasteiger partial charge in [0, 0.05) is 18.4 Å². The van der Waals surface area contributed by atoms with Gasteiger partial charge in [-0.15, -0.1) is 0 Å². The Labute approximate surface area is 94.9 Å². The highest BCUT2D eigenvalue weighted by Gasteiger charge is 2.14. The van der Waals surface area contributed by atoms with Crippen LogP contribution in [0.5, 0.6) is 0 Å². The molecular weight excluding hydrogens is 198 g/mol. The van der Waals surface area contributed by atoms with Crippen LogP contribution in [-0.4, -0.2) is 22.6 Å². The van der Waals surface area contributed by atoms with E-state index in [-0.39, 0.29) is 0 Å². The van der Waals surface area contributed by atoms with E-state index in [4.69, 9.17) is 0 Å². The van der Waals surface area contributed by atoms with E-state index in [0.717, 1.165) is 24.0 Å². The van der Waals surface area contributed by atoms with Crippen molar-refractivity contribution in [3.63, 3.8) is 0 Å². The fourth-order valence-electron chi connectivity index (χ4n) is 2.35. The highest BCUT2D eigenvalue weighted by molar-refractivity contribution is 5.74. The van der Waals surface area contributed by atoms with Crippen molar-refractivity contribution in [2.75, 3.05) is 6.54 Å². The molecule has 3 nitrogen and oxygen atoms in total. The topological polar surface area (TPSA) is 37.8 Å². The highest BCUT2D eigenvalue weighted by atomic mass is 14.9. The molecule has 1 fully saturated rings. The molecule has 1 unspecified atom stereocenters. The molecule has 1 saturated heterocycles. The minimum absolute atomic E-state index is 0.647. The van der Waals surface area contributed by atoms with Crippen molar-refractivity contribution in [2.24, 2.45) is 0 Å². The van der Waals surface area contributed by atoms with Crippen LogP contribution >= 0.6 is 0 Å². The van der Waals surface area contributed by atoms with Crippen LogP contribution in [-0.2, 0) is 6.42 Å². The number of benzene rings is 1. The molecule has 0 radical (unpaired) electrons. The fraction of sp³-hybridized carbons (Fsp3) is 0.385. The summed E-state index contributed by atoms with van der Waals surface area (Å²) < 4.78 is 0. The van der Waals surface area contributed by atoms with E-state index in [0.29, 0.717) is 6.04 Å². The molecule has 3 heteroatoms. The number of aromatic nitrogens is 2. The maximum atomic E-state index is 4.33. The average molecular weight is 213 g/mol. The molecule has 2 aromatic rings. The number of hydrogen-bond donors (Lipinski definition) is 1. The summed E-state index contributed by atoms with van der Waals surface area (Å²) in [6.07, 6.45) is 7.18. The number of nitrogens with zero attached hydrogens (tertiary/aromatic N) is 2. The van der Waals surface area contributed by atoms with Gasteiger partial charge in [-0.3, -0.25) is 9.97 Å². The van der Waals surface area contributed by atoms with Gasteiger partial charge in [-0.2, -0.15) is 0 Å². The third kappa shape index (κ3) is 1.91. The minimum Gasteiger partial charge on any atom is -0.314 e. The molecule has 1 aromatic carbocycles. The second kappa shape index (κ2) is 4.18. The summed E-state index contributed by atoms with van der Waals surface area (Å²) in [4.78, 5) is 8.61. The van der Waals surface area contributed by atoms with Gasteiger partial charge in [0.25, 0.3) is 0 Å². The van der Waals surface area contributed by atoms with Crippen LogP contribution in [0.15, 0.2) is 30.6 Å². The summed E-state index contributed by atoms with van der Waals surface area (Å²) in [6, 6.07) is 7.03. The van der Waals surface area contributed by atoms with Crippen LogP contribution in [0.1, 0.15) is 18.4 Å². The summed E-state index contributed by atoms with van der Waals surface area (Å²) in [5, 5.41) is 3.52. The Morgan fingerprint density at radius 1 is 1.19 bits per heavy atom. The lowest BCUT2D eigenvalue weighted by molar-refractivity contribution is 0.603. The van der Waals surface area contributed by atoms with Crippen molar-refractivity contribution in [1.82, 2.24) is 15.3 Å². The van der Waals surface area contributed by atoms with Crippen molar-refractivity contribution < 1.29 is 0 Å². The van der Waals surface area contributed by atoms with Gasteiger partial charge in [0.1, 0.15) is 0 Å². The molecule has 1 aromatic heterocycles. The maximum absolute atomic E-state index is 4.33. The Bertz CT molecular complexity index is 489.